The molecule has 0 spiro atoms. The Morgan fingerprint density at radius 2 is 0.915 bits per heavy atom. The molecule has 0 radical (unpaired) electrons. The Balaban J connectivity index is 3.01. The summed E-state index contributed by atoms with van der Waals surface area (Å²) in [7, 11) is 9.65. The van der Waals surface area contributed by atoms with Crippen molar-refractivity contribution in [2.24, 2.45) is 41.4 Å². The first kappa shape index (κ1) is 82.7. The van der Waals surface area contributed by atoms with E-state index in [4.69, 9.17) is 0 Å². The van der Waals surface area contributed by atoms with Crippen molar-refractivity contribution in [2.45, 2.75) is 229 Å². The Labute approximate surface area is 559 Å². The number of carboxylic acids is 1. The van der Waals surface area contributed by atoms with Gasteiger partial charge in [0.05, 0.1) is 11.7 Å². The fourth-order valence-corrected chi connectivity index (χ4v) is 11.8. The monoisotopic (exact) mass is 1320 g/mol. The molecule has 0 aliphatic carbocycles. The lowest BCUT2D eigenvalue weighted by molar-refractivity contribution is -0.157. The van der Waals surface area contributed by atoms with Crippen molar-refractivity contribution in [3.63, 3.8) is 0 Å². The van der Waals surface area contributed by atoms with Crippen LogP contribution in [0.15, 0.2) is 36.5 Å². The van der Waals surface area contributed by atoms with Gasteiger partial charge in [-0.1, -0.05) is 116 Å². The second-order valence-electron chi connectivity index (χ2n) is 28.2. The van der Waals surface area contributed by atoms with Gasteiger partial charge in [-0.15, -0.1) is 0 Å². The highest BCUT2D eigenvalue weighted by Gasteiger charge is 2.46. The van der Waals surface area contributed by atoms with Crippen LogP contribution in [-0.4, -0.2) is 231 Å². The molecule has 1 saturated heterocycles. The summed E-state index contributed by atoms with van der Waals surface area (Å²) in [5, 5.41) is 32.8. The predicted octanol–water partition coefficient (Wildman–Crippen LogP) is 4.54. The van der Waals surface area contributed by atoms with E-state index in [1.165, 1.54) is 94.9 Å². The molecule has 1 heterocycles. The smallest absolute Gasteiger partial charge is 0.335 e. The number of likely N-dealkylation sites (N-methyl/N-ethyl adjacent to an activating group) is 7. The molecule has 530 valence electrons. The Morgan fingerprint density at radius 1 is 0.489 bits per heavy atom. The van der Waals surface area contributed by atoms with Gasteiger partial charge in [0.2, 0.25) is 59.1 Å². The third-order valence-corrected chi connectivity index (χ3v) is 17.8. The molecule has 25 heteroatoms. The number of nitrogens with zero attached hydrogens (tertiary/aromatic N) is 7. The van der Waals surface area contributed by atoms with E-state index in [-0.39, 0.29) is 67.0 Å². The number of benzene rings is 1. The number of hydrogen-bond donors (Lipinski definition) is 6. The number of nitrogens with one attached hydrogen (secondary N) is 4. The van der Waals surface area contributed by atoms with E-state index in [9.17, 15) is 48.6 Å². The number of aliphatic hydroxyl groups excluding tert-OH is 1. The standard InChI is InChI=1S/C69H115N11O14/c1-25-49-64(88)74(18)46(17)63(87)75(19)51(34-38(4)5)60(84)73-54(41(10)11)67(91)76(20)50(33-37(2)3)59(83)70-44(15)58(82)71-45(16)62(86)77(21)52(35-39(6)7)65(89)78(22)53(36-40(8)9)66(90)79(23)55(42(12)13)68(92)80(24)56(61(85)72-49)57(81)43(14)27-26-28-47-29-31-48(32-30-47)69(93)94/h29-32,37-45,49-57,81H,17,25-28,33-36H2,1-16,18-24H3,(H,70,83)(H,71,82)(H,72,85)(H,73,84)(H,93,94)/t43-,44-,45+,49+,50-,51+,52+,53+,54-,55+,56+,57-/m1/s1. The number of aryl methyl sites for hydroxylation is 1. The van der Waals surface area contributed by atoms with Gasteiger partial charge in [0.25, 0.3) is 5.91 Å². The minimum absolute atomic E-state index is 0.0650. The van der Waals surface area contributed by atoms with E-state index in [1.807, 2.05) is 55.4 Å². The first-order valence-corrected chi connectivity index (χ1v) is 33.3. The predicted molar refractivity (Wildman–Crippen MR) is 360 cm³/mol. The lowest BCUT2D eigenvalue weighted by atomic mass is 9.89. The van der Waals surface area contributed by atoms with E-state index in [2.05, 4.69) is 27.8 Å². The Hall–Kier alpha value is -7.44. The average molecular weight is 1320 g/mol. The van der Waals surface area contributed by atoms with Crippen molar-refractivity contribution in [2.75, 3.05) is 49.3 Å². The highest BCUT2D eigenvalue weighted by molar-refractivity contribution is 6.02. The number of carbonyl (C=O) groups excluding carboxylic acids is 11. The van der Waals surface area contributed by atoms with Crippen LogP contribution in [-0.2, 0) is 59.2 Å². The molecule has 1 fully saturated rings. The van der Waals surface area contributed by atoms with Crippen LogP contribution in [0.4, 0.5) is 0 Å². The largest absolute Gasteiger partial charge is 0.478 e. The number of amides is 11. The first-order valence-electron chi connectivity index (χ1n) is 33.3. The molecule has 11 amide bonds. The zero-order valence-corrected chi connectivity index (χ0v) is 60.5. The molecule has 1 aromatic rings. The summed E-state index contributed by atoms with van der Waals surface area (Å²) in [6.45, 7) is 31.7. The lowest BCUT2D eigenvalue weighted by Crippen LogP contribution is -2.63. The van der Waals surface area contributed by atoms with Gasteiger partial charge in [-0.2, -0.15) is 0 Å². The highest BCUT2D eigenvalue weighted by atomic mass is 16.4. The van der Waals surface area contributed by atoms with Crippen molar-refractivity contribution in [1.29, 1.82) is 0 Å². The maximum absolute atomic E-state index is 15.4. The summed E-state index contributed by atoms with van der Waals surface area (Å²) in [4.78, 5) is 182. The number of rotatable bonds is 18. The molecule has 0 bridgehead atoms. The quantitative estimate of drug-likeness (QED) is 0.110. The summed E-state index contributed by atoms with van der Waals surface area (Å²) in [6, 6.07) is -6.61. The summed E-state index contributed by atoms with van der Waals surface area (Å²) >= 11 is 0. The number of aromatic carboxylic acids is 1. The van der Waals surface area contributed by atoms with Crippen molar-refractivity contribution in [1.82, 2.24) is 55.6 Å². The van der Waals surface area contributed by atoms with Crippen molar-refractivity contribution < 1.29 is 67.7 Å². The molecule has 12 atom stereocenters. The molecule has 94 heavy (non-hydrogen) atoms. The molecule has 1 aliphatic rings. The fraction of sp³-hybridized carbons (Fsp3) is 0.710. The normalized spacial score (nSPS) is 25.3. The van der Waals surface area contributed by atoms with E-state index < -0.39 is 155 Å². The lowest BCUT2D eigenvalue weighted by Gasteiger charge is -2.41. The van der Waals surface area contributed by atoms with Crippen LogP contribution in [0.2, 0.25) is 0 Å². The molecule has 1 aliphatic heterocycles. The summed E-state index contributed by atoms with van der Waals surface area (Å²) in [5.41, 5.74) is 0.543. The van der Waals surface area contributed by atoms with Gasteiger partial charge in [-0.25, -0.2) is 4.79 Å². The summed E-state index contributed by atoms with van der Waals surface area (Å²) in [6.07, 6.45) is 0.0174. The van der Waals surface area contributed by atoms with Gasteiger partial charge in [-0.3, -0.25) is 52.7 Å². The zero-order chi connectivity index (χ0) is 72.4. The van der Waals surface area contributed by atoms with Gasteiger partial charge in [-0.05, 0) is 124 Å². The molecule has 25 nitrogen and oxygen atoms in total. The van der Waals surface area contributed by atoms with Gasteiger partial charge >= 0.3 is 5.97 Å². The third kappa shape index (κ3) is 22.3. The molecular weight excluding hydrogens is 1210 g/mol. The molecule has 6 N–H and O–H groups in total. The van der Waals surface area contributed by atoms with Gasteiger partial charge < -0.3 is 65.8 Å². The fourth-order valence-electron chi connectivity index (χ4n) is 11.8. The van der Waals surface area contributed by atoms with Gasteiger partial charge in [0.1, 0.15) is 66.1 Å². The summed E-state index contributed by atoms with van der Waals surface area (Å²) < 4.78 is 0. The van der Waals surface area contributed by atoms with Crippen LogP contribution in [0.1, 0.15) is 172 Å². The average Bonchev–Trinajstić information content (AvgIpc) is 0.808. The van der Waals surface area contributed by atoms with E-state index >= 15 is 19.2 Å². The van der Waals surface area contributed by atoms with Crippen LogP contribution >= 0.6 is 0 Å². The molecule has 2 rings (SSSR count). The maximum atomic E-state index is 15.4. The number of hydrogen-bond acceptors (Lipinski definition) is 13. The zero-order valence-electron chi connectivity index (χ0n) is 60.5. The van der Waals surface area contributed by atoms with E-state index in [1.54, 1.807) is 53.7 Å². The number of carboxylic acid groups (broad SMARTS) is 1. The Bertz CT molecular complexity index is 2820. The maximum Gasteiger partial charge on any atom is 0.335 e. The van der Waals surface area contributed by atoms with E-state index in [0.29, 0.717) is 19.3 Å². The SMILES string of the molecule is C=C1C(=O)N(C)[C@@H](CC(C)C)C(=O)N[C@H](C(C)C)C(=O)N(C)[C@H](CC(C)C)C(=O)N[C@H](C)C(=O)N[C@@H](C)C(=O)N(C)[C@@H](CC(C)C)C(=O)N(C)[C@@H](CC(C)C)C(=O)N(C)[C@@H](C(C)C)C(=O)N(C)[C@@H]([C@H](O)[C@H](C)CCCc2ccc(C(=O)O)cc2)C(=O)N[C@@H](CC)C(=O)N1C. The molecule has 0 unspecified atom stereocenters. The van der Waals surface area contributed by atoms with Gasteiger partial charge in [0, 0.05) is 49.3 Å². The van der Waals surface area contributed by atoms with Crippen molar-refractivity contribution in [3.05, 3.63) is 47.7 Å². The highest BCUT2D eigenvalue weighted by Crippen LogP contribution is 2.27. The summed E-state index contributed by atoms with van der Waals surface area (Å²) in [5.74, 6) is -11.8. The van der Waals surface area contributed by atoms with Crippen LogP contribution in [0.3, 0.4) is 0 Å². The molecule has 0 aromatic heterocycles. The third-order valence-electron chi connectivity index (χ3n) is 17.8. The van der Waals surface area contributed by atoms with Crippen LogP contribution in [0.25, 0.3) is 0 Å². The second-order valence-corrected chi connectivity index (χ2v) is 28.2. The Kier molecular flexibility index (Phi) is 32.5. The number of carbonyl (C=O) groups is 12. The van der Waals surface area contributed by atoms with Gasteiger partial charge in [0.15, 0.2) is 0 Å². The van der Waals surface area contributed by atoms with Crippen LogP contribution < -0.4 is 21.3 Å². The minimum atomic E-state index is -1.71. The van der Waals surface area contributed by atoms with Crippen molar-refractivity contribution >= 4 is 70.9 Å². The van der Waals surface area contributed by atoms with Crippen LogP contribution in [0, 0.1) is 41.4 Å². The molecular formula is C69H115N11O14. The minimum Gasteiger partial charge on any atom is -0.478 e. The van der Waals surface area contributed by atoms with Crippen LogP contribution in [0.5, 0.6) is 0 Å². The van der Waals surface area contributed by atoms with E-state index in [0.717, 1.165) is 20.3 Å². The first-order chi connectivity index (χ1) is 43.5. The second kappa shape index (κ2) is 37.0. The number of aliphatic hydroxyl groups is 1. The molecule has 1 aromatic carbocycles. The molecule has 0 saturated carbocycles. The van der Waals surface area contributed by atoms with Crippen molar-refractivity contribution in [3.8, 4) is 0 Å². The Morgan fingerprint density at radius 3 is 1.37 bits per heavy atom. The topological polar surface area (TPSA) is 316 Å².